The van der Waals surface area contributed by atoms with Crippen LogP contribution in [-0.2, 0) is 0 Å². The van der Waals surface area contributed by atoms with Crippen molar-refractivity contribution in [1.29, 1.82) is 0 Å². The third-order valence-corrected chi connectivity index (χ3v) is 5.63. The van der Waals surface area contributed by atoms with Gasteiger partial charge >= 0.3 is 0 Å². The number of aryl methyl sites for hydroxylation is 1. The summed E-state index contributed by atoms with van der Waals surface area (Å²) in [4.78, 5) is 2.58. The Morgan fingerprint density at radius 1 is 1.04 bits per heavy atom. The van der Waals surface area contributed by atoms with Crippen molar-refractivity contribution in [1.82, 2.24) is 9.47 Å². The molecule has 1 aromatic heterocycles. The van der Waals surface area contributed by atoms with Gasteiger partial charge in [-0.3, -0.25) is 0 Å². The van der Waals surface area contributed by atoms with Crippen molar-refractivity contribution in [3.05, 3.63) is 60.0 Å². The number of aromatic nitrogens is 1. The van der Waals surface area contributed by atoms with Crippen LogP contribution in [0.3, 0.4) is 0 Å². The standard InChI is InChI=1S/C23H27FN2/c1-3-12-25-13-10-20(11-14-25)26-16-22(18-5-7-19(24)8-6-18)21-15-17(2)4-9-23(21)26/h4-9,15-16,20H,3,10-14H2,1-2H3. The largest absolute Gasteiger partial charge is 0.344 e. The minimum atomic E-state index is -0.183. The molecule has 0 aliphatic carbocycles. The van der Waals surface area contributed by atoms with Crippen molar-refractivity contribution in [2.75, 3.05) is 19.6 Å². The van der Waals surface area contributed by atoms with E-state index in [1.165, 1.54) is 60.9 Å². The fourth-order valence-electron chi connectivity index (χ4n) is 4.27. The van der Waals surface area contributed by atoms with E-state index in [4.69, 9.17) is 0 Å². The summed E-state index contributed by atoms with van der Waals surface area (Å²) in [7, 11) is 0. The van der Waals surface area contributed by atoms with E-state index in [1.807, 2.05) is 12.1 Å². The molecule has 0 N–H and O–H groups in total. The zero-order valence-corrected chi connectivity index (χ0v) is 15.7. The van der Waals surface area contributed by atoms with E-state index in [1.54, 1.807) is 12.1 Å². The Morgan fingerprint density at radius 3 is 2.46 bits per heavy atom. The fourth-order valence-corrected chi connectivity index (χ4v) is 4.27. The molecule has 1 aliphatic rings. The van der Waals surface area contributed by atoms with Crippen LogP contribution in [-0.4, -0.2) is 29.1 Å². The van der Waals surface area contributed by atoms with E-state index in [9.17, 15) is 4.39 Å². The monoisotopic (exact) mass is 350 g/mol. The third-order valence-electron chi connectivity index (χ3n) is 5.63. The van der Waals surface area contributed by atoms with Gasteiger partial charge in [0.25, 0.3) is 0 Å². The highest BCUT2D eigenvalue weighted by Crippen LogP contribution is 2.36. The molecular weight excluding hydrogens is 323 g/mol. The number of hydrogen-bond donors (Lipinski definition) is 0. The van der Waals surface area contributed by atoms with E-state index in [2.05, 4.69) is 47.7 Å². The molecule has 4 rings (SSSR count). The van der Waals surface area contributed by atoms with Crippen molar-refractivity contribution in [3.63, 3.8) is 0 Å². The van der Waals surface area contributed by atoms with Gasteiger partial charge in [-0.15, -0.1) is 0 Å². The Kier molecular flexibility index (Phi) is 4.82. The van der Waals surface area contributed by atoms with Crippen molar-refractivity contribution in [3.8, 4) is 11.1 Å². The van der Waals surface area contributed by atoms with Gasteiger partial charge in [-0.2, -0.15) is 0 Å². The molecular formula is C23H27FN2. The number of benzene rings is 2. The van der Waals surface area contributed by atoms with E-state index < -0.39 is 0 Å². The lowest BCUT2D eigenvalue weighted by Gasteiger charge is -2.32. The molecule has 0 unspecified atom stereocenters. The first-order valence-electron chi connectivity index (χ1n) is 9.75. The average molecular weight is 350 g/mol. The summed E-state index contributed by atoms with van der Waals surface area (Å²) in [6.07, 6.45) is 5.91. The van der Waals surface area contributed by atoms with E-state index in [0.29, 0.717) is 6.04 Å². The Balaban J connectivity index is 1.73. The zero-order chi connectivity index (χ0) is 18.1. The van der Waals surface area contributed by atoms with Gasteiger partial charge in [-0.25, -0.2) is 4.39 Å². The first-order valence-corrected chi connectivity index (χ1v) is 9.75. The molecule has 1 saturated heterocycles. The highest BCUT2D eigenvalue weighted by atomic mass is 19.1. The molecule has 0 spiro atoms. The lowest BCUT2D eigenvalue weighted by Crippen LogP contribution is -2.34. The van der Waals surface area contributed by atoms with Crippen LogP contribution in [0.25, 0.3) is 22.0 Å². The Labute approximate surface area is 155 Å². The molecule has 0 atom stereocenters. The van der Waals surface area contributed by atoms with Gasteiger partial charge < -0.3 is 9.47 Å². The molecule has 2 heterocycles. The van der Waals surface area contributed by atoms with Crippen LogP contribution in [0, 0.1) is 12.7 Å². The second-order valence-corrected chi connectivity index (χ2v) is 7.55. The average Bonchev–Trinajstić information content (AvgIpc) is 3.02. The molecule has 3 heteroatoms. The molecule has 0 bridgehead atoms. The van der Waals surface area contributed by atoms with Crippen LogP contribution in [0.1, 0.15) is 37.8 Å². The molecule has 0 radical (unpaired) electrons. The lowest BCUT2D eigenvalue weighted by molar-refractivity contribution is 0.189. The van der Waals surface area contributed by atoms with Crippen LogP contribution >= 0.6 is 0 Å². The number of hydrogen-bond acceptors (Lipinski definition) is 1. The van der Waals surface area contributed by atoms with Gasteiger partial charge in [-0.05, 0) is 62.6 Å². The summed E-state index contributed by atoms with van der Waals surface area (Å²) in [5.74, 6) is -0.183. The van der Waals surface area contributed by atoms with Crippen molar-refractivity contribution in [2.45, 2.75) is 39.2 Å². The van der Waals surface area contributed by atoms with Crippen LogP contribution in [0.5, 0.6) is 0 Å². The van der Waals surface area contributed by atoms with Crippen molar-refractivity contribution < 1.29 is 4.39 Å². The molecule has 26 heavy (non-hydrogen) atoms. The summed E-state index contributed by atoms with van der Waals surface area (Å²) in [5, 5.41) is 1.27. The second kappa shape index (κ2) is 7.24. The maximum atomic E-state index is 13.4. The molecule has 0 saturated carbocycles. The quantitative estimate of drug-likeness (QED) is 0.577. The molecule has 0 amide bonds. The van der Waals surface area contributed by atoms with Gasteiger partial charge in [0, 0.05) is 41.8 Å². The first-order chi connectivity index (χ1) is 12.7. The minimum Gasteiger partial charge on any atom is -0.344 e. The first kappa shape index (κ1) is 17.3. The van der Waals surface area contributed by atoms with Crippen molar-refractivity contribution in [2.24, 2.45) is 0 Å². The Bertz CT molecular complexity index is 886. The summed E-state index contributed by atoms with van der Waals surface area (Å²) >= 11 is 0. The second-order valence-electron chi connectivity index (χ2n) is 7.55. The third kappa shape index (κ3) is 3.28. The summed E-state index contributed by atoms with van der Waals surface area (Å²) < 4.78 is 15.8. The van der Waals surface area contributed by atoms with Gasteiger partial charge in [0.1, 0.15) is 5.82 Å². The summed E-state index contributed by atoms with van der Waals surface area (Å²) in [6.45, 7) is 7.95. The topological polar surface area (TPSA) is 8.17 Å². The van der Waals surface area contributed by atoms with Gasteiger partial charge in [0.2, 0.25) is 0 Å². The molecule has 2 nitrogen and oxygen atoms in total. The zero-order valence-electron chi connectivity index (χ0n) is 15.7. The maximum Gasteiger partial charge on any atom is 0.123 e. The van der Waals surface area contributed by atoms with Gasteiger partial charge in [0.15, 0.2) is 0 Å². The molecule has 3 aromatic rings. The van der Waals surface area contributed by atoms with Gasteiger partial charge in [-0.1, -0.05) is 30.7 Å². The lowest BCUT2D eigenvalue weighted by atomic mass is 10.0. The predicted octanol–water partition coefficient (Wildman–Crippen LogP) is 5.80. The molecule has 1 aliphatic heterocycles. The van der Waals surface area contributed by atoms with Crippen LogP contribution in [0.15, 0.2) is 48.7 Å². The molecule has 1 fully saturated rings. The maximum absolute atomic E-state index is 13.4. The Hall–Kier alpha value is -2.13. The van der Waals surface area contributed by atoms with Gasteiger partial charge in [0.05, 0.1) is 0 Å². The number of rotatable bonds is 4. The highest BCUT2D eigenvalue weighted by molar-refractivity contribution is 5.96. The van der Waals surface area contributed by atoms with E-state index >= 15 is 0 Å². The van der Waals surface area contributed by atoms with Crippen LogP contribution in [0.4, 0.5) is 4.39 Å². The smallest absolute Gasteiger partial charge is 0.123 e. The normalized spacial score (nSPS) is 16.4. The van der Waals surface area contributed by atoms with Crippen LogP contribution < -0.4 is 0 Å². The number of piperidine rings is 1. The summed E-state index contributed by atoms with van der Waals surface area (Å²) in [6, 6.07) is 14.1. The highest BCUT2D eigenvalue weighted by Gasteiger charge is 2.22. The van der Waals surface area contributed by atoms with Crippen molar-refractivity contribution >= 4 is 10.9 Å². The predicted molar refractivity (Wildman–Crippen MR) is 107 cm³/mol. The molecule has 136 valence electrons. The Morgan fingerprint density at radius 2 is 1.77 bits per heavy atom. The number of likely N-dealkylation sites (tertiary alicyclic amines) is 1. The minimum absolute atomic E-state index is 0.183. The summed E-state index contributed by atoms with van der Waals surface area (Å²) in [5.41, 5.74) is 4.85. The van der Waals surface area contributed by atoms with Crippen LogP contribution in [0.2, 0.25) is 0 Å². The number of nitrogens with zero attached hydrogens (tertiary/aromatic N) is 2. The SMILES string of the molecule is CCCN1CCC(n2cc(-c3ccc(F)cc3)c3cc(C)ccc32)CC1. The number of halogens is 1. The fraction of sp³-hybridized carbons (Fsp3) is 0.391. The van der Waals surface area contributed by atoms with E-state index in [-0.39, 0.29) is 5.82 Å². The van der Waals surface area contributed by atoms with E-state index in [0.717, 1.165) is 5.56 Å². The number of fused-ring (bicyclic) bond motifs is 1. The molecule has 2 aromatic carbocycles.